The summed E-state index contributed by atoms with van der Waals surface area (Å²) in [5.41, 5.74) is 0.627. The predicted molar refractivity (Wildman–Crippen MR) is 67.0 cm³/mol. The second-order valence-electron chi connectivity index (χ2n) is 4.28. The second-order valence-corrected chi connectivity index (χ2v) is 5.14. The maximum atomic E-state index is 12.4. The first-order valence-electron chi connectivity index (χ1n) is 5.71. The van der Waals surface area contributed by atoms with E-state index in [1.54, 1.807) is 10.9 Å². The van der Waals surface area contributed by atoms with Crippen LogP contribution in [0.15, 0.2) is 10.7 Å². The molecule has 1 amide bonds. The van der Waals surface area contributed by atoms with Gasteiger partial charge in [-0.05, 0) is 29.8 Å². The van der Waals surface area contributed by atoms with Gasteiger partial charge in [-0.15, -0.1) is 0 Å². The monoisotopic (exact) mass is 301 g/mol. The van der Waals surface area contributed by atoms with Crippen LogP contribution in [0.4, 0.5) is 0 Å². The minimum atomic E-state index is 0.0198. The maximum absolute atomic E-state index is 12.4. The number of rotatable bonds is 2. The van der Waals surface area contributed by atoms with Crippen LogP contribution in [0, 0.1) is 0 Å². The van der Waals surface area contributed by atoms with Gasteiger partial charge in [0.05, 0.1) is 23.9 Å². The van der Waals surface area contributed by atoms with Gasteiger partial charge in [-0.3, -0.25) is 9.48 Å². The van der Waals surface area contributed by atoms with Gasteiger partial charge in [0, 0.05) is 19.1 Å². The van der Waals surface area contributed by atoms with Crippen LogP contribution in [-0.2, 0) is 4.74 Å². The van der Waals surface area contributed by atoms with Gasteiger partial charge < -0.3 is 9.64 Å². The molecule has 0 bridgehead atoms. The number of morpholine rings is 1. The summed E-state index contributed by atoms with van der Waals surface area (Å²) < 4.78 is 7.75. The molecule has 1 aromatic heterocycles. The van der Waals surface area contributed by atoms with E-state index in [0.29, 0.717) is 32.0 Å². The third kappa shape index (κ3) is 2.52. The van der Waals surface area contributed by atoms with Crippen molar-refractivity contribution >= 4 is 21.8 Å². The van der Waals surface area contributed by atoms with Gasteiger partial charge in [0.15, 0.2) is 0 Å². The first kappa shape index (κ1) is 12.6. The fraction of sp³-hybridized carbons (Fsp3) is 0.636. The van der Waals surface area contributed by atoms with E-state index in [4.69, 9.17) is 4.74 Å². The summed E-state index contributed by atoms with van der Waals surface area (Å²) in [7, 11) is 0. The quantitative estimate of drug-likeness (QED) is 0.835. The van der Waals surface area contributed by atoms with Crippen molar-refractivity contribution in [3.05, 3.63) is 16.4 Å². The molecule has 0 saturated carbocycles. The van der Waals surface area contributed by atoms with Gasteiger partial charge in [-0.1, -0.05) is 0 Å². The zero-order chi connectivity index (χ0) is 12.4. The first-order chi connectivity index (χ1) is 8.11. The minimum absolute atomic E-state index is 0.0198. The van der Waals surface area contributed by atoms with Crippen molar-refractivity contribution in [3.8, 4) is 0 Å². The van der Waals surface area contributed by atoms with Crippen LogP contribution >= 0.6 is 15.9 Å². The van der Waals surface area contributed by atoms with Crippen molar-refractivity contribution in [1.29, 1.82) is 0 Å². The average molecular weight is 302 g/mol. The number of carbonyl (C=O) groups excluding carboxylic acids is 1. The molecule has 2 heterocycles. The molecule has 94 valence electrons. The number of amides is 1. The molecule has 2 rings (SSSR count). The summed E-state index contributed by atoms with van der Waals surface area (Å²) in [5, 5.41) is 4.22. The average Bonchev–Trinajstić information content (AvgIpc) is 2.71. The Morgan fingerprint density at radius 3 is 2.71 bits per heavy atom. The van der Waals surface area contributed by atoms with Crippen molar-refractivity contribution in [2.45, 2.75) is 19.9 Å². The van der Waals surface area contributed by atoms with Crippen LogP contribution in [0.25, 0.3) is 0 Å². The highest BCUT2D eigenvalue weighted by molar-refractivity contribution is 9.10. The topological polar surface area (TPSA) is 47.4 Å². The van der Waals surface area contributed by atoms with Crippen LogP contribution in [-0.4, -0.2) is 46.9 Å². The van der Waals surface area contributed by atoms with E-state index in [0.717, 1.165) is 4.47 Å². The summed E-state index contributed by atoms with van der Waals surface area (Å²) in [6, 6.07) is 0.168. The van der Waals surface area contributed by atoms with Gasteiger partial charge in [0.1, 0.15) is 5.69 Å². The minimum Gasteiger partial charge on any atom is -0.378 e. The lowest BCUT2D eigenvalue weighted by molar-refractivity contribution is 0.0293. The number of ether oxygens (including phenoxy) is 1. The molecule has 0 N–H and O–H groups in total. The van der Waals surface area contributed by atoms with E-state index in [1.165, 1.54) is 0 Å². The maximum Gasteiger partial charge on any atom is 0.273 e. The molecular formula is C11H16BrN3O2. The molecule has 1 saturated heterocycles. The fourth-order valence-corrected chi connectivity index (χ4v) is 2.29. The molecule has 0 aromatic carbocycles. The molecule has 0 spiro atoms. The van der Waals surface area contributed by atoms with Gasteiger partial charge in [0.2, 0.25) is 0 Å². The zero-order valence-corrected chi connectivity index (χ0v) is 11.6. The number of halogens is 1. The van der Waals surface area contributed by atoms with E-state index in [1.807, 2.05) is 18.7 Å². The first-order valence-corrected chi connectivity index (χ1v) is 6.50. The molecule has 5 nitrogen and oxygen atoms in total. The largest absolute Gasteiger partial charge is 0.378 e. The standard InChI is InChI=1S/C11H16BrN3O2/c1-8(2)15-10(9(12)7-13-15)11(16)14-3-5-17-6-4-14/h7-8H,3-6H2,1-2H3. The van der Waals surface area contributed by atoms with E-state index in [2.05, 4.69) is 21.0 Å². The van der Waals surface area contributed by atoms with Crippen molar-refractivity contribution in [1.82, 2.24) is 14.7 Å². The zero-order valence-electron chi connectivity index (χ0n) is 10.0. The summed E-state index contributed by atoms with van der Waals surface area (Å²) in [6.45, 7) is 6.53. The third-order valence-corrected chi connectivity index (χ3v) is 3.32. The molecule has 0 atom stereocenters. The number of carbonyl (C=O) groups is 1. The molecule has 1 aliphatic heterocycles. The predicted octanol–water partition coefficient (Wildman–Crippen LogP) is 1.70. The summed E-state index contributed by atoms with van der Waals surface area (Å²) in [6.07, 6.45) is 1.67. The Morgan fingerprint density at radius 2 is 2.12 bits per heavy atom. The number of hydrogen-bond acceptors (Lipinski definition) is 3. The van der Waals surface area contributed by atoms with Gasteiger partial charge >= 0.3 is 0 Å². The Kier molecular flexibility index (Phi) is 3.83. The Hall–Kier alpha value is -0.880. The van der Waals surface area contributed by atoms with E-state index >= 15 is 0 Å². The van der Waals surface area contributed by atoms with Crippen LogP contribution in [0.5, 0.6) is 0 Å². The van der Waals surface area contributed by atoms with Crippen molar-refractivity contribution in [2.75, 3.05) is 26.3 Å². The third-order valence-electron chi connectivity index (χ3n) is 2.74. The highest BCUT2D eigenvalue weighted by Crippen LogP contribution is 2.21. The molecule has 0 unspecified atom stereocenters. The highest BCUT2D eigenvalue weighted by Gasteiger charge is 2.25. The van der Waals surface area contributed by atoms with Gasteiger partial charge in [-0.25, -0.2) is 0 Å². The van der Waals surface area contributed by atoms with Crippen LogP contribution in [0.2, 0.25) is 0 Å². The van der Waals surface area contributed by atoms with Crippen molar-refractivity contribution in [2.24, 2.45) is 0 Å². The SMILES string of the molecule is CC(C)n1ncc(Br)c1C(=O)N1CCOCC1. The fourth-order valence-electron chi connectivity index (χ4n) is 1.85. The molecule has 1 aromatic rings. The molecular weight excluding hydrogens is 286 g/mol. The molecule has 0 aliphatic carbocycles. The Balaban J connectivity index is 2.26. The second kappa shape index (κ2) is 5.18. The van der Waals surface area contributed by atoms with Gasteiger partial charge in [0.25, 0.3) is 5.91 Å². The Labute approximate surface area is 109 Å². The Bertz CT molecular complexity index is 411. The number of aromatic nitrogens is 2. The summed E-state index contributed by atoms with van der Waals surface area (Å²) in [4.78, 5) is 14.2. The lowest BCUT2D eigenvalue weighted by Crippen LogP contribution is -2.41. The lowest BCUT2D eigenvalue weighted by atomic mass is 10.3. The molecule has 1 fully saturated rings. The molecule has 6 heteroatoms. The van der Waals surface area contributed by atoms with Crippen LogP contribution in [0.3, 0.4) is 0 Å². The van der Waals surface area contributed by atoms with Gasteiger partial charge in [-0.2, -0.15) is 5.10 Å². The molecule has 0 radical (unpaired) electrons. The normalized spacial score (nSPS) is 16.6. The van der Waals surface area contributed by atoms with Crippen molar-refractivity contribution < 1.29 is 9.53 Å². The molecule has 1 aliphatic rings. The van der Waals surface area contributed by atoms with Crippen LogP contribution in [0.1, 0.15) is 30.4 Å². The van der Waals surface area contributed by atoms with Crippen molar-refractivity contribution in [3.63, 3.8) is 0 Å². The van der Waals surface area contributed by atoms with E-state index in [9.17, 15) is 4.79 Å². The highest BCUT2D eigenvalue weighted by atomic mass is 79.9. The van der Waals surface area contributed by atoms with E-state index < -0.39 is 0 Å². The number of nitrogens with zero attached hydrogens (tertiary/aromatic N) is 3. The smallest absolute Gasteiger partial charge is 0.273 e. The summed E-state index contributed by atoms with van der Waals surface area (Å²) >= 11 is 3.39. The lowest BCUT2D eigenvalue weighted by Gasteiger charge is -2.27. The molecule has 17 heavy (non-hydrogen) atoms. The Morgan fingerprint density at radius 1 is 1.47 bits per heavy atom. The number of hydrogen-bond donors (Lipinski definition) is 0. The van der Waals surface area contributed by atoms with E-state index in [-0.39, 0.29) is 11.9 Å². The summed E-state index contributed by atoms with van der Waals surface area (Å²) in [5.74, 6) is 0.0198. The van der Waals surface area contributed by atoms with Crippen LogP contribution < -0.4 is 0 Å².